The maximum Gasteiger partial charge on any atom is 0.115 e. The fourth-order valence-electron chi connectivity index (χ4n) is 1.45. The first-order valence-corrected chi connectivity index (χ1v) is 5.10. The lowest BCUT2D eigenvalue weighted by Crippen LogP contribution is -2.05. The van der Waals surface area contributed by atoms with Crippen LogP contribution in [0.1, 0.15) is 5.69 Å². The van der Waals surface area contributed by atoms with Gasteiger partial charge in [-0.15, -0.1) is 0 Å². The normalized spacial score (nSPS) is 10.3. The Morgan fingerprint density at radius 3 is 2.56 bits per heavy atom. The number of phenols is 1. The highest BCUT2D eigenvalue weighted by molar-refractivity contribution is 5.59. The average Bonchev–Trinajstić information content (AvgIpc) is 2.31. The lowest BCUT2D eigenvalue weighted by Gasteiger charge is -2.03. The van der Waals surface area contributed by atoms with Crippen LogP contribution in [0.5, 0.6) is 5.75 Å². The molecule has 1 heterocycles. The molecule has 0 fully saturated rings. The van der Waals surface area contributed by atoms with Crippen molar-refractivity contribution in [2.45, 2.75) is 6.42 Å². The Hall–Kier alpha value is -1.94. The number of phenolic OH excluding ortho intramolecular Hbond substituents is 1. The topological polar surface area (TPSA) is 72.0 Å². The van der Waals surface area contributed by atoms with Gasteiger partial charge in [-0.25, -0.2) is 4.98 Å². The van der Waals surface area contributed by atoms with E-state index in [1.807, 2.05) is 12.1 Å². The van der Waals surface area contributed by atoms with Crippen LogP contribution in [0.4, 0.5) is 0 Å². The number of nitrogens with zero attached hydrogens (tertiary/aromatic N) is 2. The van der Waals surface area contributed by atoms with Crippen LogP contribution in [0.2, 0.25) is 0 Å². The number of hydrogen-bond acceptors (Lipinski definition) is 4. The first kappa shape index (κ1) is 10.6. The van der Waals surface area contributed by atoms with Gasteiger partial charge < -0.3 is 10.8 Å². The molecule has 4 nitrogen and oxygen atoms in total. The van der Waals surface area contributed by atoms with Crippen LogP contribution >= 0.6 is 0 Å². The van der Waals surface area contributed by atoms with Gasteiger partial charge in [-0.05, 0) is 30.8 Å². The van der Waals surface area contributed by atoms with Gasteiger partial charge in [0.15, 0.2) is 0 Å². The predicted octanol–water partition coefficient (Wildman–Crippen LogP) is 1.35. The zero-order valence-electron chi connectivity index (χ0n) is 8.80. The second-order valence-corrected chi connectivity index (χ2v) is 3.48. The Morgan fingerprint density at radius 1 is 1.12 bits per heavy atom. The van der Waals surface area contributed by atoms with E-state index >= 15 is 0 Å². The SMILES string of the molecule is NCCc1cncc(-c2ccc(O)cc2)n1. The third kappa shape index (κ3) is 2.35. The minimum absolute atomic E-state index is 0.245. The third-order valence-electron chi connectivity index (χ3n) is 2.25. The van der Waals surface area contributed by atoms with Crippen molar-refractivity contribution < 1.29 is 5.11 Å². The van der Waals surface area contributed by atoms with Crippen molar-refractivity contribution in [1.82, 2.24) is 9.97 Å². The zero-order chi connectivity index (χ0) is 11.4. The van der Waals surface area contributed by atoms with Gasteiger partial charge in [-0.3, -0.25) is 4.98 Å². The van der Waals surface area contributed by atoms with Crippen molar-refractivity contribution in [2.75, 3.05) is 6.54 Å². The molecular formula is C12H13N3O. The Balaban J connectivity index is 2.32. The van der Waals surface area contributed by atoms with E-state index in [9.17, 15) is 5.11 Å². The molecule has 0 unspecified atom stereocenters. The molecule has 0 amide bonds. The molecule has 0 saturated heterocycles. The van der Waals surface area contributed by atoms with Crippen molar-refractivity contribution in [3.63, 3.8) is 0 Å². The second kappa shape index (κ2) is 4.72. The van der Waals surface area contributed by atoms with Crippen LogP contribution in [-0.2, 0) is 6.42 Å². The van der Waals surface area contributed by atoms with Crippen LogP contribution in [0, 0.1) is 0 Å². The summed E-state index contributed by atoms with van der Waals surface area (Å²) in [5, 5.41) is 9.19. The van der Waals surface area contributed by atoms with Crippen molar-refractivity contribution in [3.05, 3.63) is 42.4 Å². The van der Waals surface area contributed by atoms with Gasteiger partial charge in [-0.2, -0.15) is 0 Å². The summed E-state index contributed by atoms with van der Waals surface area (Å²) in [7, 11) is 0. The molecule has 1 aromatic carbocycles. The van der Waals surface area contributed by atoms with Crippen LogP contribution in [0.3, 0.4) is 0 Å². The van der Waals surface area contributed by atoms with Crippen molar-refractivity contribution >= 4 is 0 Å². The van der Waals surface area contributed by atoms with Crippen molar-refractivity contribution in [1.29, 1.82) is 0 Å². The Morgan fingerprint density at radius 2 is 1.88 bits per heavy atom. The number of hydrogen-bond donors (Lipinski definition) is 2. The number of rotatable bonds is 3. The number of aromatic nitrogens is 2. The maximum absolute atomic E-state index is 9.19. The largest absolute Gasteiger partial charge is 0.508 e. The minimum atomic E-state index is 0.245. The summed E-state index contributed by atoms with van der Waals surface area (Å²) < 4.78 is 0. The van der Waals surface area contributed by atoms with E-state index in [2.05, 4.69) is 9.97 Å². The van der Waals surface area contributed by atoms with E-state index in [1.54, 1.807) is 24.5 Å². The molecule has 4 heteroatoms. The van der Waals surface area contributed by atoms with E-state index in [0.717, 1.165) is 23.4 Å². The van der Waals surface area contributed by atoms with Gasteiger partial charge in [0.25, 0.3) is 0 Å². The van der Waals surface area contributed by atoms with E-state index in [-0.39, 0.29) is 5.75 Å². The number of aromatic hydroxyl groups is 1. The summed E-state index contributed by atoms with van der Waals surface area (Å²) in [4.78, 5) is 8.56. The maximum atomic E-state index is 9.19. The minimum Gasteiger partial charge on any atom is -0.508 e. The molecule has 3 N–H and O–H groups in total. The molecule has 0 bridgehead atoms. The predicted molar refractivity (Wildman–Crippen MR) is 61.9 cm³/mol. The Labute approximate surface area is 93.8 Å². The number of benzene rings is 1. The lowest BCUT2D eigenvalue weighted by atomic mass is 10.1. The van der Waals surface area contributed by atoms with E-state index in [0.29, 0.717) is 6.54 Å². The van der Waals surface area contributed by atoms with Crippen LogP contribution in [0.15, 0.2) is 36.7 Å². The summed E-state index contributed by atoms with van der Waals surface area (Å²) >= 11 is 0. The lowest BCUT2D eigenvalue weighted by molar-refractivity contribution is 0.475. The molecule has 2 aromatic rings. The molecule has 16 heavy (non-hydrogen) atoms. The summed E-state index contributed by atoms with van der Waals surface area (Å²) in [6.45, 7) is 0.563. The average molecular weight is 215 g/mol. The highest BCUT2D eigenvalue weighted by Crippen LogP contribution is 2.19. The molecular weight excluding hydrogens is 202 g/mol. The molecule has 0 aliphatic rings. The van der Waals surface area contributed by atoms with Gasteiger partial charge in [0.2, 0.25) is 0 Å². The Bertz CT molecular complexity index is 468. The standard InChI is InChI=1S/C12H13N3O/c13-6-5-10-7-14-8-12(15-10)9-1-3-11(16)4-2-9/h1-4,7-8,16H,5-6,13H2. The molecule has 0 saturated carbocycles. The fraction of sp³-hybridized carbons (Fsp3) is 0.167. The highest BCUT2D eigenvalue weighted by atomic mass is 16.3. The zero-order valence-corrected chi connectivity index (χ0v) is 8.80. The monoisotopic (exact) mass is 215 g/mol. The second-order valence-electron chi connectivity index (χ2n) is 3.48. The molecule has 1 aromatic heterocycles. The molecule has 82 valence electrons. The highest BCUT2D eigenvalue weighted by Gasteiger charge is 2.01. The first-order valence-electron chi connectivity index (χ1n) is 5.10. The molecule has 0 spiro atoms. The van der Waals surface area contributed by atoms with E-state index in [4.69, 9.17) is 5.73 Å². The first-order chi connectivity index (χ1) is 7.79. The van der Waals surface area contributed by atoms with Crippen LogP contribution in [0.25, 0.3) is 11.3 Å². The summed E-state index contributed by atoms with van der Waals surface area (Å²) in [6, 6.07) is 6.89. The fourth-order valence-corrected chi connectivity index (χ4v) is 1.45. The van der Waals surface area contributed by atoms with Gasteiger partial charge in [0.1, 0.15) is 5.75 Å². The van der Waals surface area contributed by atoms with Gasteiger partial charge >= 0.3 is 0 Å². The molecule has 0 radical (unpaired) electrons. The third-order valence-corrected chi connectivity index (χ3v) is 2.25. The summed E-state index contributed by atoms with van der Waals surface area (Å²) in [5.41, 5.74) is 8.08. The summed E-state index contributed by atoms with van der Waals surface area (Å²) in [6.07, 6.45) is 4.14. The molecule has 2 rings (SSSR count). The Kier molecular flexibility index (Phi) is 3.12. The van der Waals surface area contributed by atoms with Crippen molar-refractivity contribution in [2.24, 2.45) is 5.73 Å². The molecule has 0 aliphatic heterocycles. The van der Waals surface area contributed by atoms with Crippen LogP contribution < -0.4 is 5.73 Å². The smallest absolute Gasteiger partial charge is 0.115 e. The van der Waals surface area contributed by atoms with Gasteiger partial charge in [0, 0.05) is 18.2 Å². The quantitative estimate of drug-likeness (QED) is 0.810. The van der Waals surface area contributed by atoms with E-state index in [1.165, 1.54) is 0 Å². The van der Waals surface area contributed by atoms with Gasteiger partial charge in [0.05, 0.1) is 17.6 Å². The molecule has 0 atom stereocenters. The van der Waals surface area contributed by atoms with Crippen LogP contribution in [-0.4, -0.2) is 21.6 Å². The van der Waals surface area contributed by atoms with Gasteiger partial charge in [-0.1, -0.05) is 0 Å². The number of nitrogens with two attached hydrogens (primary N) is 1. The summed E-state index contributed by atoms with van der Waals surface area (Å²) in [5.74, 6) is 0.245. The molecule has 0 aliphatic carbocycles. The van der Waals surface area contributed by atoms with Crippen molar-refractivity contribution in [3.8, 4) is 17.0 Å². The van der Waals surface area contributed by atoms with E-state index < -0.39 is 0 Å².